The summed E-state index contributed by atoms with van der Waals surface area (Å²) >= 11 is 1.57. The molecule has 2 rings (SSSR count). The van der Waals surface area contributed by atoms with E-state index in [0.717, 1.165) is 16.7 Å². The molecule has 0 amide bonds. The second-order valence-electron chi connectivity index (χ2n) is 3.14. The maximum absolute atomic E-state index is 5.57. The summed E-state index contributed by atoms with van der Waals surface area (Å²) in [5, 5.41) is 8.54. The van der Waals surface area contributed by atoms with E-state index >= 15 is 0 Å². The lowest BCUT2D eigenvalue weighted by atomic mass is 10.7. The SMILES string of the molecule is Cn1ccnc1CSc1nnc(N)n1C. The zero-order valence-electron chi connectivity index (χ0n) is 8.58. The summed E-state index contributed by atoms with van der Waals surface area (Å²) in [6, 6.07) is 0. The zero-order valence-corrected chi connectivity index (χ0v) is 9.40. The van der Waals surface area contributed by atoms with Crippen LogP contribution in [-0.4, -0.2) is 24.3 Å². The Hall–Kier alpha value is -1.50. The molecule has 0 unspecified atom stereocenters. The summed E-state index contributed by atoms with van der Waals surface area (Å²) in [6.45, 7) is 0. The maximum atomic E-state index is 5.57. The fraction of sp³-hybridized carbons (Fsp3) is 0.375. The summed E-state index contributed by atoms with van der Waals surface area (Å²) in [6.07, 6.45) is 3.70. The van der Waals surface area contributed by atoms with Crippen LogP contribution in [0, 0.1) is 0 Å². The first-order valence-electron chi connectivity index (χ1n) is 4.42. The van der Waals surface area contributed by atoms with E-state index in [2.05, 4.69) is 15.2 Å². The first kappa shape index (κ1) is 10.0. The largest absolute Gasteiger partial charge is 0.368 e. The highest BCUT2D eigenvalue weighted by atomic mass is 32.2. The summed E-state index contributed by atoms with van der Waals surface area (Å²) in [5.41, 5.74) is 5.57. The van der Waals surface area contributed by atoms with Crippen molar-refractivity contribution >= 4 is 17.7 Å². The normalized spacial score (nSPS) is 10.8. The van der Waals surface area contributed by atoms with Gasteiger partial charge in [0, 0.05) is 26.5 Å². The molecule has 2 N–H and O–H groups in total. The molecule has 2 aromatic rings. The van der Waals surface area contributed by atoms with Crippen LogP contribution in [0.15, 0.2) is 17.6 Å². The fourth-order valence-corrected chi connectivity index (χ4v) is 2.04. The molecular formula is C8H12N6S. The number of nitrogens with zero attached hydrogens (tertiary/aromatic N) is 5. The number of hydrogen-bond acceptors (Lipinski definition) is 5. The minimum absolute atomic E-state index is 0.428. The van der Waals surface area contributed by atoms with Crippen molar-refractivity contribution in [2.75, 3.05) is 5.73 Å². The van der Waals surface area contributed by atoms with Crippen molar-refractivity contribution in [3.8, 4) is 0 Å². The molecule has 0 aliphatic rings. The highest BCUT2D eigenvalue weighted by molar-refractivity contribution is 7.98. The highest BCUT2D eigenvalue weighted by Crippen LogP contribution is 2.20. The van der Waals surface area contributed by atoms with Crippen molar-refractivity contribution < 1.29 is 0 Å². The van der Waals surface area contributed by atoms with Crippen molar-refractivity contribution in [3.63, 3.8) is 0 Å². The van der Waals surface area contributed by atoms with Crippen LogP contribution in [0.1, 0.15) is 5.82 Å². The summed E-state index contributed by atoms with van der Waals surface area (Å²) < 4.78 is 3.74. The molecule has 7 heteroatoms. The second kappa shape index (κ2) is 3.93. The van der Waals surface area contributed by atoms with Gasteiger partial charge in [0.15, 0.2) is 5.16 Å². The number of aromatic nitrogens is 5. The minimum Gasteiger partial charge on any atom is -0.368 e. The van der Waals surface area contributed by atoms with E-state index in [1.54, 1.807) is 22.5 Å². The number of thioether (sulfide) groups is 1. The van der Waals surface area contributed by atoms with Crippen LogP contribution in [0.5, 0.6) is 0 Å². The van der Waals surface area contributed by atoms with Gasteiger partial charge in [0.1, 0.15) is 5.82 Å². The molecule has 2 heterocycles. The number of anilines is 1. The van der Waals surface area contributed by atoms with Gasteiger partial charge in [-0.15, -0.1) is 10.2 Å². The molecular weight excluding hydrogens is 212 g/mol. The second-order valence-corrected chi connectivity index (χ2v) is 4.09. The maximum Gasteiger partial charge on any atom is 0.222 e. The van der Waals surface area contributed by atoms with Gasteiger partial charge in [-0.25, -0.2) is 4.98 Å². The van der Waals surface area contributed by atoms with Gasteiger partial charge >= 0.3 is 0 Å². The van der Waals surface area contributed by atoms with Gasteiger partial charge in [0.05, 0.1) is 5.75 Å². The summed E-state index contributed by atoms with van der Waals surface area (Å²) in [5.74, 6) is 2.19. The molecule has 2 aromatic heterocycles. The van der Waals surface area contributed by atoms with Crippen molar-refractivity contribution in [1.82, 2.24) is 24.3 Å². The van der Waals surface area contributed by atoms with Crippen molar-refractivity contribution in [1.29, 1.82) is 0 Å². The average molecular weight is 224 g/mol. The van der Waals surface area contributed by atoms with Gasteiger partial charge in [0.25, 0.3) is 0 Å². The Morgan fingerprint density at radius 3 is 2.73 bits per heavy atom. The van der Waals surface area contributed by atoms with Crippen LogP contribution in [0.2, 0.25) is 0 Å². The Bertz CT molecular complexity index is 459. The third-order valence-electron chi connectivity index (χ3n) is 2.12. The molecule has 0 saturated carbocycles. The Balaban J connectivity index is 2.05. The molecule has 0 bridgehead atoms. The van der Waals surface area contributed by atoms with E-state index in [0.29, 0.717) is 5.95 Å². The average Bonchev–Trinajstić information content (AvgIpc) is 2.74. The number of imidazole rings is 1. The molecule has 0 atom stereocenters. The van der Waals surface area contributed by atoms with Gasteiger partial charge in [-0.05, 0) is 0 Å². The summed E-state index contributed by atoms with van der Waals surface area (Å²) in [7, 11) is 3.81. The molecule has 0 aliphatic carbocycles. The predicted molar refractivity (Wildman–Crippen MR) is 58.2 cm³/mol. The quantitative estimate of drug-likeness (QED) is 0.765. The van der Waals surface area contributed by atoms with Gasteiger partial charge in [-0.2, -0.15) is 0 Å². The van der Waals surface area contributed by atoms with Crippen LogP contribution < -0.4 is 5.73 Å². The van der Waals surface area contributed by atoms with Crippen LogP contribution in [0.4, 0.5) is 5.95 Å². The van der Waals surface area contributed by atoms with E-state index in [-0.39, 0.29) is 0 Å². The lowest BCUT2D eigenvalue weighted by molar-refractivity contribution is 0.791. The van der Waals surface area contributed by atoms with Crippen LogP contribution in [0.25, 0.3) is 0 Å². The Morgan fingerprint density at radius 1 is 1.40 bits per heavy atom. The predicted octanol–water partition coefficient (Wildman–Crippen LogP) is 0.423. The molecule has 0 spiro atoms. The lowest BCUT2D eigenvalue weighted by Crippen LogP contribution is -1.99. The number of rotatable bonds is 3. The number of hydrogen-bond donors (Lipinski definition) is 1. The smallest absolute Gasteiger partial charge is 0.222 e. The summed E-state index contributed by atoms with van der Waals surface area (Å²) in [4.78, 5) is 4.22. The monoisotopic (exact) mass is 224 g/mol. The third kappa shape index (κ3) is 1.96. The van der Waals surface area contributed by atoms with E-state index in [1.165, 1.54) is 0 Å². The van der Waals surface area contributed by atoms with E-state index in [9.17, 15) is 0 Å². The molecule has 15 heavy (non-hydrogen) atoms. The first-order chi connectivity index (χ1) is 7.18. The van der Waals surface area contributed by atoms with E-state index in [1.807, 2.05) is 24.9 Å². The third-order valence-corrected chi connectivity index (χ3v) is 3.14. The highest BCUT2D eigenvalue weighted by Gasteiger charge is 2.07. The molecule has 6 nitrogen and oxygen atoms in total. The lowest BCUT2D eigenvalue weighted by Gasteiger charge is -2.01. The number of nitrogens with two attached hydrogens (primary N) is 1. The molecule has 80 valence electrons. The van der Waals surface area contributed by atoms with E-state index in [4.69, 9.17) is 5.73 Å². The van der Waals surface area contributed by atoms with Crippen molar-refractivity contribution in [3.05, 3.63) is 18.2 Å². The van der Waals surface area contributed by atoms with E-state index < -0.39 is 0 Å². The minimum atomic E-state index is 0.428. The zero-order chi connectivity index (χ0) is 10.8. The topological polar surface area (TPSA) is 74.6 Å². The molecule has 0 radical (unpaired) electrons. The van der Waals surface area contributed by atoms with Crippen LogP contribution in [-0.2, 0) is 19.8 Å². The Labute approximate surface area is 91.5 Å². The van der Waals surface area contributed by atoms with Gasteiger partial charge in [-0.1, -0.05) is 11.8 Å². The van der Waals surface area contributed by atoms with Gasteiger partial charge < -0.3 is 10.3 Å². The number of aryl methyl sites for hydroxylation is 1. The molecule has 0 fully saturated rings. The van der Waals surface area contributed by atoms with Gasteiger partial charge in [-0.3, -0.25) is 4.57 Å². The van der Waals surface area contributed by atoms with Crippen LogP contribution in [0.3, 0.4) is 0 Å². The van der Waals surface area contributed by atoms with Crippen LogP contribution >= 0.6 is 11.8 Å². The molecule has 0 aromatic carbocycles. The number of nitrogen functional groups attached to an aromatic ring is 1. The molecule has 0 saturated heterocycles. The molecule has 0 aliphatic heterocycles. The van der Waals surface area contributed by atoms with Crippen molar-refractivity contribution in [2.24, 2.45) is 14.1 Å². The standard InChI is InChI=1S/C8H12N6S/c1-13-4-3-10-6(13)5-15-8-12-11-7(9)14(8)2/h3-4H,5H2,1-2H3,(H2,9,11). The Morgan fingerprint density at radius 2 is 2.20 bits per heavy atom. The van der Waals surface area contributed by atoms with Crippen molar-refractivity contribution in [2.45, 2.75) is 10.9 Å². The fourth-order valence-electron chi connectivity index (χ4n) is 1.12. The Kier molecular flexibility index (Phi) is 2.63. The van der Waals surface area contributed by atoms with Gasteiger partial charge in [0.2, 0.25) is 5.95 Å². The first-order valence-corrected chi connectivity index (χ1v) is 5.41.